The van der Waals surface area contributed by atoms with Crippen molar-refractivity contribution in [2.24, 2.45) is 0 Å². The molecule has 0 atom stereocenters. The number of benzene rings is 2. The number of aromatic nitrogens is 3. The summed E-state index contributed by atoms with van der Waals surface area (Å²) in [6.45, 7) is 5.79. The van der Waals surface area contributed by atoms with Crippen molar-refractivity contribution in [1.29, 1.82) is 0 Å². The second kappa shape index (κ2) is 9.69. The number of ether oxygens (including phenoxy) is 2. The SMILES string of the molecule is Cc1ccc(C(C)C)cc1OCC(=O)OCc1nc(N)nc(Nc2ccccc2)n1. The second-order valence-electron chi connectivity index (χ2n) is 7.05. The van der Waals surface area contributed by atoms with Crippen LogP contribution in [0.3, 0.4) is 0 Å². The normalized spacial score (nSPS) is 10.7. The molecule has 3 N–H and O–H groups in total. The molecule has 8 heteroatoms. The van der Waals surface area contributed by atoms with E-state index in [1.165, 1.54) is 0 Å². The van der Waals surface area contributed by atoms with Gasteiger partial charge in [-0.2, -0.15) is 15.0 Å². The zero-order valence-corrected chi connectivity index (χ0v) is 17.3. The van der Waals surface area contributed by atoms with Gasteiger partial charge in [0.15, 0.2) is 19.0 Å². The van der Waals surface area contributed by atoms with Gasteiger partial charge in [0.1, 0.15) is 5.75 Å². The molecule has 0 fully saturated rings. The molecular weight excluding hydrogens is 382 g/mol. The number of carbonyl (C=O) groups is 1. The van der Waals surface area contributed by atoms with Crippen LogP contribution in [0.5, 0.6) is 5.75 Å². The molecule has 0 radical (unpaired) electrons. The fourth-order valence-electron chi connectivity index (χ4n) is 2.66. The number of nitrogens with zero attached hydrogens (tertiary/aromatic N) is 3. The van der Waals surface area contributed by atoms with Crippen LogP contribution in [0.25, 0.3) is 0 Å². The van der Waals surface area contributed by atoms with Crippen molar-refractivity contribution >= 4 is 23.6 Å². The van der Waals surface area contributed by atoms with Crippen LogP contribution < -0.4 is 15.8 Å². The van der Waals surface area contributed by atoms with Crippen LogP contribution in [0.4, 0.5) is 17.6 Å². The third-order valence-electron chi connectivity index (χ3n) is 4.32. The standard InChI is InChI=1S/C22H25N5O3/c1-14(2)16-10-9-15(3)18(11-16)29-13-20(28)30-12-19-25-21(23)27-22(26-19)24-17-7-5-4-6-8-17/h4-11,14H,12-13H2,1-3H3,(H3,23,24,25,26,27). The van der Waals surface area contributed by atoms with Gasteiger partial charge in [-0.1, -0.05) is 44.2 Å². The average molecular weight is 407 g/mol. The van der Waals surface area contributed by atoms with Gasteiger partial charge in [-0.15, -0.1) is 0 Å². The highest BCUT2D eigenvalue weighted by Gasteiger charge is 2.11. The topological polar surface area (TPSA) is 112 Å². The van der Waals surface area contributed by atoms with Crippen molar-refractivity contribution in [2.45, 2.75) is 33.3 Å². The minimum Gasteiger partial charge on any atom is -0.482 e. The minimum absolute atomic E-state index is 0.0341. The lowest BCUT2D eigenvalue weighted by Gasteiger charge is -2.12. The van der Waals surface area contributed by atoms with Crippen LogP contribution in [0.15, 0.2) is 48.5 Å². The Morgan fingerprint density at radius 3 is 2.60 bits per heavy atom. The van der Waals surface area contributed by atoms with Crippen molar-refractivity contribution in [3.63, 3.8) is 0 Å². The van der Waals surface area contributed by atoms with Crippen molar-refractivity contribution < 1.29 is 14.3 Å². The van der Waals surface area contributed by atoms with Crippen LogP contribution in [0.2, 0.25) is 0 Å². The second-order valence-corrected chi connectivity index (χ2v) is 7.05. The Bertz CT molecular complexity index is 1010. The van der Waals surface area contributed by atoms with E-state index in [0.717, 1.165) is 16.8 Å². The first kappa shape index (κ1) is 21.0. The van der Waals surface area contributed by atoms with Crippen LogP contribution in [-0.4, -0.2) is 27.5 Å². The lowest BCUT2D eigenvalue weighted by atomic mass is 10.0. The molecule has 2 aromatic carbocycles. The molecule has 0 aliphatic heterocycles. The number of aryl methyl sites for hydroxylation is 1. The van der Waals surface area contributed by atoms with E-state index < -0.39 is 5.97 Å². The number of hydrogen-bond acceptors (Lipinski definition) is 8. The summed E-state index contributed by atoms with van der Waals surface area (Å²) in [4.78, 5) is 24.4. The summed E-state index contributed by atoms with van der Waals surface area (Å²) < 4.78 is 10.9. The third-order valence-corrected chi connectivity index (χ3v) is 4.32. The number of para-hydroxylation sites is 1. The largest absolute Gasteiger partial charge is 0.482 e. The molecule has 1 aromatic heterocycles. The van der Waals surface area contributed by atoms with E-state index in [9.17, 15) is 4.79 Å². The van der Waals surface area contributed by atoms with Crippen LogP contribution >= 0.6 is 0 Å². The van der Waals surface area contributed by atoms with E-state index in [-0.39, 0.29) is 30.9 Å². The fourth-order valence-corrected chi connectivity index (χ4v) is 2.66. The predicted molar refractivity (Wildman–Crippen MR) is 115 cm³/mol. The lowest BCUT2D eigenvalue weighted by Crippen LogP contribution is -2.17. The molecule has 156 valence electrons. The number of nitrogens with one attached hydrogen (secondary N) is 1. The highest BCUT2D eigenvalue weighted by atomic mass is 16.6. The van der Waals surface area contributed by atoms with Gasteiger partial charge in [0.25, 0.3) is 0 Å². The van der Waals surface area contributed by atoms with Crippen LogP contribution in [-0.2, 0) is 16.1 Å². The van der Waals surface area contributed by atoms with Gasteiger partial charge in [0.2, 0.25) is 11.9 Å². The number of nitrogens with two attached hydrogens (primary N) is 1. The summed E-state index contributed by atoms with van der Waals surface area (Å²) in [5.74, 6) is 1.06. The molecule has 1 heterocycles. The first-order valence-electron chi connectivity index (χ1n) is 9.62. The van der Waals surface area contributed by atoms with E-state index >= 15 is 0 Å². The van der Waals surface area contributed by atoms with Gasteiger partial charge in [-0.05, 0) is 42.2 Å². The summed E-state index contributed by atoms with van der Waals surface area (Å²) >= 11 is 0. The molecule has 0 unspecified atom stereocenters. The summed E-state index contributed by atoms with van der Waals surface area (Å²) in [5, 5.41) is 3.03. The molecule has 0 aliphatic carbocycles. The molecule has 0 amide bonds. The molecule has 0 saturated carbocycles. The zero-order valence-electron chi connectivity index (χ0n) is 17.3. The maximum absolute atomic E-state index is 12.1. The van der Waals surface area contributed by atoms with E-state index in [1.807, 2.05) is 49.4 Å². The highest BCUT2D eigenvalue weighted by molar-refractivity contribution is 5.71. The monoisotopic (exact) mass is 407 g/mol. The molecule has 30 heavy (non-hydrogen) atoms. The lowest BCUT2D eigenvalue weighted by molar-refractivity contribution is -0.147. The van der Waals surface area contributed by atoms with Gasteiger partial charge in [0.05, 0.1) is 0 Å². The zero-order chi connectivity index (χ0) is 21.5. The Morgan fingerprint density at radius 1 is 1.10 bits per heavy atom. The Morgan fingerprint density at radius 2 is 1.87 bits per heavy atom. The third kappa shape index (κ3) is 5.91. The first-order valence-corrected chi connectivity index (χ1v) is 9.62. The summed E-state index contributed by atoms with van der Waals surface area (Å²) in [5.41, 5.74) is 8.64. The number of esters is 1. The van der Waals surface area contributed by atoms with Crippen LogP contribution in [0.1, 0.15) is 36.7 Å². The van der Waals surface area contributed by atoms with Gasteiger partial charge < -0.3 is 20.5 Å². The number of carbonyl (C=O) groups excluding carboxylic acids is 1. The molecule has 3 rings (SSSR count). The molecule has 0 aliphatic rings. The van der Waals surface area contributed by atoms with Crippen molar-refractivity contribution in [3.8, 4) is 5.75 Å². The fraction of sp³-hybridized carbons (Fsp3) is 0.273. The predicted octanol–water partition coefficient (Wildman–Crippen LogP) is 3.75. The number of hydrogen-bond donors (Lipinski definition) is 2. The van der Waals surface area contributed by atoms with Gasteiger partial charge in [-0.3, -0.25) is 0 Å². The van der Waals surface area contributed by atoms with Gasteiger partial charge in [-0.25, -0.2) is 4.79 Å². The summed E-state index contributed by atoms with van der Waals surface area (Å²) in [6, 6.07) is 15.4. The highest BCUT2D eigenvalue weighted by Crippen LogP contribution is 2.24. The van der Waals surface area contributed by atoms with Crippen LogP contribution in [0, 0.1) is 6.92 Å². The number of nitrogen functional groups attached to an aromatic ring is 1. The Kier molecular flexibility index (Phi) is 6.79. The maximum Gasteiger partial charge on any atom is 0.344 e. The quantitative estimate of drug-likeness (QED) is 0.543. The Balaban J connectivity index is 1.56. The number of anilines is 3. The molecule has 3 aromatic rings. The van der Waals surface area contributed by atoms with Gasteiger partial charge >= 0.3 is 5.97 Å². The molecule has 0 saturated heterocycles. The Labute approximate surface area is 175 Å². The van der Waals surface area contributed by atoms with Gasteiger partial charge in [0, 0.05) is 5.69 Å². The van der Waals surface area contributed by atoms with E-state index in [2.05, 4.69) is 40.2 Å². The van der Waals surface area contributed by atoms with Crippen molar-refractivity contribution in [2.75, 3.05) is 17.7 Å². The molecule has 0 bridgehead atoms. The molecule has 0 spiro atoms. The van der Waals surface area contributed by atoms with Crippen molar-refractivity contribution in [3.05, 3.63) is 65.5 Å². The first-order chi connectivity index (χ1) is 14.4. The summed E-state index contributed by atoms with van der Waals surface area (Å²) in [6.07, 6.45) is 0. The minimum atomic E-state index is -0.527. The average Bonchev–Trinajstić information content (AvgIpc) is 2.72. The van der Waals surface area contributed by atoms with Crippen molar-refractivity contribution in [1.82, 2.24) is 15.0 Å². The number of rotatable bonds is 8. The van der Waals surface area contributed by atoms with E-state index in [4.69, 9.17) is 15.2 Å². The smallest absolute Gasteiger partial charge is 0.344 e. The Hall–Kier alpha value is -3.68. The molecule has 8 nitrogen and oxygen atoms in total. The maximum atomic E-state index is 12.1. The van der Waals surface area contributed by atoms with E-state index in [1.54, 1.807) is 0 Å². The van der Waals surface area contributed by atoms with E-state index in [0.29, 0.717) is 11.7 Å². The summed E-state index contributed by atoms with van der Waals surface area (Å²) in [7, 11) is 0. The molecular formula is C22H25N5O3.